The molecule has 0 spiro atoms. The standard InChI is InChI=1S/C23H30N4O4/c1-4-30-20-19(12-25-22(26-20)31-5-2)23(29)16-7-6-8-17(23)14-27(13-16)21(28)18-9-10-24-11-15(18)3/h9-12,16-17,29H,4-8,13-14H2,1-3H3. The summed E-state index contributed by atoms with van der Waals surface area (Å²) in [6.07, 6.45) is 7.66. The van der Waals surface area contributed by atoms with Gasteiger partial charge in [0.05, 0.1) is 18.8 Å². The van der Waals surface area contributed by atoms with Crippen molar-refractivity contribution in [2.24, 2.45) is 11.8 Å². The van der Waals surface area contributed by atoms with Crippen LogP contribution in [0.25, 0.3) is 0 Å². The van der Waals surface area contributed by atoms with Gasteiger partial charge < -0.3 is 19.5 Å². The van der Waals surface area contributed by atoms with E-state index in [4.69, 9.17) is 9.47 Å². The van der Waals surface area contributed by atoms with Gasteiger partial charge in [-0.25, -0.2) is 4.98 Å². The Bertz CT molecular complexity index is 937. The van der Waals surface area contributed by atoms with Gasteiger partial charge in [-0.2, -0.15) is 4.98 Å². The van der Waals surface area contributed by atoms with Crippen molar-refractivity contribution >= 4 is 5.91 Å². The highest BCUT2D eigenvalue weighted by atomic mass is 16.5. The van der Waals surface area contributed by atoms with Crippen LogP contribution in [0.4, 0.5) is 0 Å². The number of hydrogen-bond acceptors (Lipinski definition) is 7. The second-order valence-corrected chi connectivity index (χ2v) is 8.29. The van der Waals surface area contributed by atoms with Gasteiger partial charge in [0.15, 0.2) is 0 Å². The fourth-order valence-electron chi connectivity index (χ4n) is 5.01. The number of fused-ring (bicyclic) bond motifs is 2. The van der Waals surface area contributed by atoms with E-state index in [-0.39, 0.29) is 23.8 Å². The molecular weight excluding hydrogens is 396 g/mol. The van der Waals surface area contributed by atoms with Gasteiger partial charge >= 0.3 is 6.01 Å². The zero-order chi connectivity index (χ0) is 22.0. The van der Waals surface area contributed by atoms with Crippen molar-refractivity contribution in [1.29, 1.82) is 0 Å². The predicted octanol–water partition coefficient (Wildman–Crippen LogP) is 2.74. The molecule has 0 aromatic carbocycles. The zero-order valence-corrected chi connectivity index (χ0v) is 18.4. The fourth-order valence-corrected chi connectivity index (χ4v) is 5.01. The maximum Gasteiger partial charge on any atom is 0.319 e. The molecule has 2 unspecified atom stereocenters. The first kappa shape index (κ1) is 21.5. The van der Waals surface area contributed by atoms with Crippen LogP contribution in [-0.4, -0.2) is 57.2 Å². The number of amides is 1. The van der Waals surface area contributed by atoms with Gasteiger partial charge in [-0.3, -0.25) is 9.78 Å². The van der Waals surface area contributed by atoms with E-state index >= 15 is 0 Å². The first-order valence-corrected chi connectivity index (χ1v) is 11.0. The van der Waals surface area contributed by atoms with Crippen LogP contribution >= 0.6 is 0 Å². The van der Waals surface area contributed by atoms with Crippen molar-refractivity contribution in [3.63, 3.8) is 0 Å². The Labute approximate surface area is 182 Å². The van der Waals surface area contributed by atoms with Crippen LogP contribution in [0.1, 0.15) is 54.6 Å². The molecule has 4 rings (SSSR count). The summed E-state index contributed by atoms with van der Waals surface area (Å²) in [5, 5.41) is 12.0. The monoisotopic (exact) mass is 426 g/mol. The zero-order valence-electron chi connectivity index (χ0n) is 18.4. The molecule has 2 fully saturated rings. The topological polar surface area (TPSA) is 97.7 Å². The lowest BCUT2D eigenvalue weighted by molar-refractivity contribution is -0.141. The number of hydrogen-bond donors (Lipinski definition) is 1. The molecule has 2 aliphatic rings. The van der Waals surface area contributed by atoms with E-state index in [0.29, 0.717) is 43.3 Å². The van der Waals surface area contributed by atoms with Crippen LogP contribution in [0.2, 0.25) is 0 Å². The number of aromatic nitrogens is 3. The molecule has 2 atom stereocenters. The summed E-state index contributed by atoms with van der Waals surface area (Å²) in [6, 6.07) is 2.01. The number of aryl methyl sites for hydroxylation is 1. The first-order valence-electron chi connectivity index (χ1n) is 11.0. The molecular formula is C23H30N4O4. The quantitative estimate of drug-likeness (QED) is 0.758. The summed E-state index contributed by atoms with van der Waals surface area (Å²) in [6.45, 7) is 7.48. The normalized spacial score (nSPS) is 25.2. The molecule has 2 bridgehead atoms. The molecule has 2 aromatic rings. The largest absolute Gasteiger partial charge is 0.478 e. The van der Waals surface area contributed by atoms with Crippen LogP contribution < -0.4 is 9.47 Å². The SMILES string of the molecule is CCOc1ncc(C2(O)C3CCCC2CN(C(=O)c2ccncc2C)C3)c(OCC)n1. The van der Waals surface area contributed by atoms with Crippen LogP contribution in [0, 0.1) is 18.8 Å². The molecule has 1 saturated carbocycles. The summed E-state index contributed by atoms with van der Waals surface area (Å²) in [7, 11) is 0. The minimum Gasteiger partial charge on any atom is -0.478 e. The van der Waals surface area contributed by atoms with Gasteiger partial charge in [0, 0.05) is 49.1 Å². The third-order valence-corrected chi connectivity index (χ3v) is 6.49. The first-order chi connectivity index (χ1) is 15.0. The van der Waals surface area contributed by atoms with Crippen molar-refractivity contribution in [1.82, 2.24) is 19.9 Å². The Morgan fingerprint density at radius 3 is 2.55 bits per heavy atom. The average molecular weight is 427 g/mol. The van der Waals surface area contributed by atoms with Gasteiger partial charge in [0.1, 0.15) is 5.60 Å². The predicted molar refractivity (Wildman–Crippen MR) is 114 cm³/mol. The summed E-state index contributed by atoms with van der Waals surface area (Å²) < 4.78 is 11.2. The molecule has 1 N–H and O–H groups in total. The van der Waals surface area contributed by atoms with Crippen molar-refractivity contribution in [3.05, 3.63) is 41.3 Å². The lowest BCUT2D eigenvalue weighted by Crippen LogP contribution is -2.59. The number of aliphatic hydroxyl groups is 1. The summed E-state index contributed by atoms with van der Waals surface area (Å²) in [5.74, 6) is 0.121. The minimum absolute atomic E-state index is 0.00757. The second-order valence-electron chi connectivity index (χ2n) is 8.29. The third-order valence-electron chi connectivity index (χ3n) is 6.49. The van der Waals surface area contributed by atoms with Crippen molar-refractivity contribution in [3.8, 4) is 11.9 Å². The highest BCUT2D eigenvalue weighted by Gasteiger charge is 2.54. The lowest BCUT2D eigenvalue weighted by atomic mass is 9.63. The van der Waals surface area contributed by atoms with Crippen molar-refractivity contribution in [2.75, 3.05) is 26.3 Å². The molecule has 1 saturated heterocycles. The number of likely N-dealkylation sites (tertiary alicyclic amines) is 1. The van der Waals surface area contributed by atoms with E-state index in [1.54, 1.807) is 24.7 Å². The molecule has 31 heavy (non-hydrogen) atoms. The summed E-state index contributed by atoms with van der Waals surface area (Å²) >= 11 is 0. The van der Waals surface area contributed by atoms with Crippen LogP contribution in [0.15, 0.2) is 24.7 Å². The number of piperidine rings is 1. The van der Waals surface area contributed by atoms with Gasteiger partial charge in [-0.15, -0.1) is 0 Å². The Morgan fingerprint density at radius 1 is 1.19 bits per heavy atom. The molecule has 1 aliphatic carbocycles. The smallest absolute Gasteiger partial charge is 0.319 e. The highest BCUT2D eigenvalue weighted by molar-refractivity contribution is 5.95. The van der Waals surface area contributed by atoms with Crippen molar-refractivity contribution in [2.45, 2.75) is 45.6 Å². The van der Waals surface area contributed by atoms with E-state index in [0.717, 1.165) is 24.8 Å². The van der Waals surface area contributed by atoms with E-state index in [9.17, 15) is 9.90 Å². The molecule has 8 nitrogen and oxygen atoms in total. The van der Waals surface area contributed by atoms with E-state index in [1.165, 1.54) is 0 Å². The third kappa shape index (κ3) is 3.84. The number of ether oxygens (including phenoxy) is 2. The maximum atomic E-state index is 13.2. The summed E-state index contributed by atoms with van der Waals surface area (Å²) in [5.41, 5.74) is 0.979. The number of carbonyl (C=O) groups excluding carboxylic acids is 1. The van der Waals surface area contributed by atoms with E-state index in [2.05, 4.69) is 15.0 Å². The van der Waals surface area contributed by atoms with Crippen LogP contribution in [0.5, 0.6) is 11.9 Å². The number of rotatable bonds is 6. The van der Waals surface area contributed by atoms with Gasteiger partial charge in [0.2, 0.25) is 5.88 Å². The highest BCUT2D eigenvalue weighted by Crippen LogP contribution is 2.51. The maximum absolute atomic E-state index is 13.2. The number of carbonyl (C=O) groups is 1. The van der Waals surface area contributed by atoms with Crippen LogP contribution in [-0.2, 0) is 5.60 Å². The fraction of sp³-hybridized carbons (Fsp3) is 0.565. The van der Waals surface area contributed by atoms with Gasteiger partial charge in [0.25, 0.3) is 5.91 Å². The Kier molecular flexibility index (Phi) is 6.09. The molecule has 166 valence electrons. The van der Waals surface area contributed by atoms with E-state index < -0.39 is 5.60 Å². The molecule has 1 amide bonds. The molecule has 8 heteroatoms. The van der Waals surface area contributed by atoms with Gasteiger partial charge in [-0.05, 0) is 45.2 Å². The Balaban J connectivity index is 1.66. The molecule has 1 aliphatic heterocycles. The molecule has 0 radical (unpaired) electrons. The lowest BCUT2D eigenvalue weighted by Gasteiger charge is -2.53. The number of nitrogens with zero attached hydrogens (tertiary/aromatic N) is 4. The Hall–Kier alpha value is -2.74. The Morgan fingerprint density at radius 2 is 1.90 bits per heavy atom. The molecule has 2 aromatic heterocycles. The van der Waals surface area contributed by atoms with Crippen LogP contribution in [0.3, 0.4) is 0 Å². The van der Waals surface area contributed by atoms with E-state index in [1.807, 2.05) is 25.7 Å². The summed E-state index contributed by atoms with van der Waals surface area (Å²) in [4.78, 5) is 27.9. The second kappa shape index (κ2) is 8.78. The molecule has 3 heterocycles. The minimum atomic E-state index is -1.14. The van der Waals surface area contributed by atoms with Crippen molar-refractivity contribution < 1.29 is 19.4 Å². The average Bonchev–Trinajstić information content (AvgIpc) is 2.74. The number of pyridine rings is 1. The van der Waals surface area contributed by atoms with Gasteiger partial charge in [-0.1, -0.05) is 6.42 Å².